The first kappa shape index (κ1) is 13.0. The maximum atomic E-state index is 11.0. The summed E-state index contributed by atoms with van der Waals surface area (Å²) < 4.78 is 27.4. The molecule has 2 N–H and O–H groups in total. The number of hydrogen-bond acceptors (Lipinski definition) is 3. The van der Waals surface area contributed by atoms with E-state index in [0.29, 0.717) is 12.4 Å². The van der Waals surface area contributed by atoms with Crippen molar-refractivity contribution in [2.45, 2.75) is 11.8 Å². The minimum absolute atomic E-state index is 0.0415. The van der Waals surface area contributed by atoms with Crippen molar-refractivity contribution in [2.75, 3.05) is 6.61 Å². The third kappa shape index (κ3) is 3.52. The van der Waals surface area contributed by atoms with Gasteiger partial charge in [-0.1, -0.05) is 18.2 Å². The molecule has 0 fully saturated rings. The van der Waals surface area contributed by atoms with Crippen LogP contribution in [-0.2, 0) is 10.0 Å². The Bertz CT molecular complexity index is 511. The largest absolute Gasteiger partial charge is 0.488 e. The van der Waals surface area contributed by atoms with Crippen molar-refractivity contribution in [3.8, 4) is 5.75 Å². The summed E-state index contributed by atoms with van der Waals surface area (Å²) in [5.74, 6) is 0.400. The van der Waals surface area contributed by atoms with Gasteiger partial charge < -0.3 is 4.74 Å². The van der Waals surface area contributed by atoms with Gasteiger partial charge in [0.1, 0.15) is 12.4 Å². The zero-order valence-electron chi connectivity index (χ0n) is 8.73. The maximum absolute atomic E-state index is 11.0. The lowest BCUT2D eigenvalue weighted by Gasteiger charge is -2.08. The summed E-state index contributed by atoms with van der Waals surface area (Å²) in [6.45, 7) is 5.81. The molecule has 0 bridgehead atoms. The minimum Gasteiger partial charge on any atom is -0.488 e. The Hall–Kier alpha value is -1.04. The van der Waals surface area contributed by atoms with E-state index in [1.807, 2.05) is 6.92 Å². The molecule has 0 amide bonds. The highest BCUT2D eigenvalue weighted by Gasteiger charge is 2.11. The first-order valence-corrected chi connectivity index (χ1v) is 6.32. The van der Waals surface area contributed by atoms with Crippen molar-refractivity contribution in [3.05, 3.63) is 35.4 Å². The Morgan fingerprint density at radius 3 is 2.62 bits per heavy atom. The van der Waals surface area contributed by atoms with E-state index in [0.717, 1.165) is 5.57 Å². The normalized spacial score (nSPS) is 11.2. The molecule has 0 radical (unpaired) electrons. The average Bonchev–Trinajstić information content (AvgIpc) is 2.14. The van der Waals surface area contributed by atoms with Crippen molar-refractivity contribution in [2.24, 2.45) is 5.14 Å². The average molecular weight is 262 g/mol. The van der Waals surface area contributed by atoms with Crippen LogP contribution in [0.2, 0.25) is 5.02 Å². The third-order valence-electron chi connectivity index (χ3n) is 1.71. The lowest BCUT2D eigenvalue weighted by atomic mass is 10.3. The number of sulfonamides is 1. The number of hydrogen-bond donors (Lipinski definition) is 1. The number of nitrogens with two attached hydrogens (primary N) is 1. The van der Waals surface area contributed by atoms with Gasteiger partial charge in [-0.05, 0) is 30.7 Å². The molecule has 0 aliphatic rings. The van der Waals surface area contributed by atoms with Crippen LogP contribution in [0.5, 0.6) is 5.75 Å². The van der Waals surface area contributed by atoms with Crippen molar-refractivity contribution >= 4 is 21.6 Å². The Balaban J connectivity index is 2.96. The summed E-state index contributed by atoms with van der Waals surface area (Å²) in [5, 5.41) is 5.16. The predicted octanol–water partition coefficient (Wildman–Crippen LogP) is 1.94. The summed E-state index contributed by atoms with van der Waals surface area (Å²) in [6, 6.07) is 4.06. The molecule has 16 heavy (non-hydrogen) atoms. The summed E-state index contributed by atoms with van der Waals surface area (Å²) in [5.41, 5.74) is 0.839. The minimum atomic E-state index is -3.73. The molecule has 6 heteroatoms. The van der Waals surface area contributed by atoms with E-state index >= 15 is 0 Å². The van der Waals surface area contributed by atoms with Gasteiger partial charge in [0.15, 0.2) is 0 Å². The zero-order valence-corrected chi connectivity index (χ0v) is 10.3. The molecule has 0 heterocycles. The highest BCUT2D eigenvalue weighted by atomic mass is 35.5. The fourth-order valence-electron chi connectivity index (χ4n) is 0.977. The van der Waals surface area contributed by atoms with Crippen LogP contribution in [0, 0.1) is 0 Å². The number of ether oxygens (including phenoxy) is 1. The van der Waals surface area contributed by atoms with Crippen LogP contribution < -0.4 is 9.88 Å². The van der Waals surface area contributed by atoms with E-state index in [-0.39, 0.29) is 9.92 Å². The molecule has 0 saturated carbocycles. The summed E-state index contributed by atoms with van der Waals surface area (Å²) >= 11 is 5.84. The molecule has 1 aromatic rings. The molecule has 0 aliphatic carbocycles. The lowest BCUT2D eigenvalue weighted by molar-refractivity contribution is 0.352. The molecule has 0 saturated heterocycles. The van der Waals surface area contributed by atoms with Crippen molar-refractivity contribution in [1.29, 1.82) is 0 Å². The fourth-order valence-corrected chi connectivity index (χ4v) is 1.82. The molecule has 1 rings (SSSR count). The van der Waals surface area contributed by atoms with E-state index in [4.69, 9.17) is 21.5 Å². The summed E-state index contributed by atoms with van der Waals surface area (Å²) in [7, 11) is -3.73. The first-order chi connectivity index (χ1) is 7.30. The highest BCUT2D eigenvalue weighted by Crippen LogP contribution is 2.27. The van der Waals surface area contributed by atoms with Crippen LogP contribution in [0.1, 0.15) is 6.92 Å². The Morgan fingerprint density at radius 2 is 2.19 bits per heavy atom. The Morgan fingerprint density at radius 1 is 1.56 bits per heavy atom. The number of benzene rings is 1. The van der Waals surface area contributed by atoms with Gasteiger partial charge in [0.05, 0.1) is 9.92 Å². The quantitative estimate of drug-likeness (QED) is 0.842. The molecule has 4 nitrogen and oxygen atoms in total. The molecule has 88 valence electrons. The van der Waals surface area contributed by atoms with Crippen molar-refractivity contribution in [1.82, 2.24) is 0 Å². The van der Waals surface area contributed by atoms with Crippen LogP contribution in [0.15, 0.2) is 35.2 Å². The molecule has 1 aromatic carbocycles. The molecule has 0 unspecified atom stereocenters. The third-order valence-corrected chi connectivity index (χ3v) is 2.91. The van der Waals surface area contributed by atoms with Crippen molar-refractivity contribution in [3.63, 3.8) is 0 Å². The highest BCUT2D eigenvalue weighted by molar-refractivity contribution is 7.89. The van der Waals surface area contributed by atoms with E-state index in [1.54, 1.807) is 0 Å². The number of halogens is 1. The number of rotatable bonds is 4. The van der Waals surface area contributed by atoms with Crippen molar-refractivity contribution < 1.29 is 13.2 Å². The Kier molecular flexibility index (Phi) is 3.96. The fraction of sp³-hybridized carbons (Fsp3) is 0.200. The summed E-state index contributed by atoms with van der Waals surface area (Å²) in [6.07, 6.45) is 0. The summed E-state index contributed by atoms with van der Waals surface area (Å²) in [4.78, 5) is -0.0415. The first-order valence-electron chi connectivity index (χ1n) is 4.40. The molecule has 0 aromatic heterocycles. The second kappa shape index (κ2) is 4.86. The molecular formula is C10H12ClNO3S. The van der Waals surface area contributed by atoms with Crippen LogP contribution >= 0.6 is 11.6 Å². The van der Waals surface area contributed by atoms with Gasteiger partial charge >= 0.3 is 0 Å². The lowest BCUT2D eigenvalue weighted by Crippen LogP contribution is -2.12. The van der Waals surface area contributed by atoms with E-state index in [1.165, 1.54) is 18.2 Å². The van der Waals surface area contributed by atoms with Gasteiger partial charge in [-0.15, -0.1) is 0 Å². The molecule has 0 atom stereocenters. The van der Waals surface area contributed by atoms with E-state index in [2.05, 4.69) is 6.58 Å². The number of primary sulfonamides is 1. The second-order valence-electron chi connectivity index (χ2n) is 3.38. The van der Waals surface area contributed by atoms with Crippen LogP contribution in [0.3, 0.4) is 0 Å². The molecule has 0 spiro atoms. The zero-order chi connectivity index (χ0) is 12.3. The van der Waals surface area contributed by atoms with Gasteiger partial charge in [0.2, 0.25) is 10.0 Å². The van der Waals surface area contributed by atoms with Gasteiger partial charge in [0.25, 0.3) is 0 Å². The van der Waals surface area contributed by atoms with E-state index < -0.39 is 10.0 Å². The van der Waals surface area contributed by atoms with Gasteiger partial charge in [-0.2, -0.15) is 0 Å². The van der Waals surface area contributed by atoms with E-state index in [9.17, 15) is 8.42 Å². The van der Waals surface area contributed by atoms with Gasteiger partial charge in [-0.25, -0.2) is 13.6 Å². The predicted molar refractivity (Wildman–Crippen MR) is 63.1 cm³/mol. The topological polar surface area (TPSA) is 69.4 Å². The van der Waals surface area contributed by atoms with Crippen LogP contribution in [0.4, 0.5) is 0 Å². The Labute approximate surface area is 99.7 Å². The maximum Gasteiger partial charge on any atom is 0.238 e. The van der Waals surface area contributed by atoms with Gasteiger partial charge in [-0.3, -0.25) is 0 Å². The second-order valence-corrected chi connectivity index (χ2v) is 5.35. The van der Waals surface area contributed by atoms with Crippen LogP contribution in [-0.4, -0.2) is 15.0 Å². The SMILES string of the molecule is C=C(C)COc1ccc(S(N)(=O)=O)cc1Cl. The smallest absolute Gasteiger partial charge is 0.238 e. The van der Waals surface area contributed by atoms with Crippen LogP contribution in [0.25, 0.3) is 0 Å². The molecule has 0 aliphatic heterocycles. The standard InChI is InChI=1S/C10H12ClNO3S/c1-7(2)6-15-10-4-3-8(5-9(10)11)16(12,13)14/h3-5H,1,6H2,2H3,(H2,12,13,14). The molecular weight excluding hydrogens is 250 g/mol. The van der Waals surface area contributed by atoms with Gasteiger partial charge in [0, 0.05) is 0 Å². The monoisotopic (exact) mass is 261 g/mol.